The molecule has 2 heteroatoms. The van der Waals surface area contributed by atoms with E-state index in [0.717, 1.165) is 0 Å². The molecule has 0 aromatic heterocycles. The van der Waals surface area contributed by atoms with E-state index in [1.54, 1.807) is 0 Å². The van der Waals surface area contributed by atoms with E-state index < -0.39 is 0 Å². The van der Waals surface area contributed by atoms with Crippen molar-refractivity contribution in [1.29, 1.82) is 0 Å². The molecular formula is C14H17NO. The van der Waals surface area contributed by atoms with Gasteiger partial charge < -0.3 is 5.73 Å². The van der Waals surface area contributed by atoms with Gasteiger partial charge in [-0.15, -0.1) is 0 Å². The van der Waals surface area contributed by atoms with Crippen molar-refractivity contribution >= 4 is 5.91 Å². The van der Waals surface area contributed by atoms with E-state index >= 15 is 0 Å². The van der Waals surface area contributed by atoms with Crippen LogP contribution in [0.2, 0.25) is 0 Å². The van der Waals surface area contributed by atoms with E-state index in [1.807, 2.05) is 6.07 Å². The van der Waals surface area contributed by atoms with Crippen LogP contribution in [0.15, 0.2) is 30.3 Å². The molecule has 2 saturated carbocycles. The SMILES string of the molecule is NC(=O)C1[C@H]2CCC[C@@H]1C2c1ccccc1. The van der Waals surface area contributed by atoms with Crippen molar-refractivity contribution in [1.82, 2.24) is 0 Å². The Morgan fingerprint density at radius 1 is 1.12 bits per heavy atom. The summed E-state index contributed by atoms with van der Waals surface area (Å²) >= 11 is 0. The predicted octanol–water partition coefficient (Wildman–Crippen LogP) is 2.30. The van der Waals surface area contributed by atoms with Crippen LogP contribution in [0.1, 0.15) is 30.7 Å². The highest BCUT2D eigenvalue weighted by Crippen LogP contribution is 2.59. The second kappa shape index (κ2) is 3.62. The van der Waals surface area contributed by atoms with Crippen molar-refractivity contribution < 1.29 is 4.79 Å². The molecule has 2 N–H and O–H groups in total. The summed E-state index contributed by atoms with van der Waals surface area (Å²) in [7, 11) is 0. The number of carbonyl (C=O) groups is 1. The van der Waals surface area contributed by atoms with Gasteiger partial charge in [-0.05, 0) is 36.2 Å². The maximum atomic E-state index is 11.4. The molecule has 1 aromatic carbocycles. The van der Waals surface area contributed by atoms with Gasteiger partial charge in [-0.1, -0.05) is 36.8 Å². The van der Waals surface area contributed by atoms with Crippen molar-refractivity contribution in [2.24, 2.45) is 23.5 Å². The molecule has 2 aliphatic carbocycles. The maximum Gasteiger partial charge on any atom is 0.221 e. The van der Waals surface area contributed by atoms with Gasteiger partial charge in [-0.25, -0.2) is 0 Å². The first-order chi connectivity index (χ1) is 7.79. The summed E-state index contributed by atoms with van der Waals surface area (Å²) in [5.41, 5.74) is 6.89. The van der Waals surface area contributed by atoms with Crippen molar-refractivity contribution in [2.75, 3.05) is 0 Å². The minimum absolute atomic E-state index is 0.0816. The highest BCUT2D eigenvalue weighted by atomic mass is 16.1. The number of rotatable bonds is 2. The highest BCUT2D eigenvalue weighted by molar-refractivity contribution is 5.79. The molecule has 2 unspecified atom stereocenters. The number of hydrogen-bond acceptors (Lipinski definition) is 1. The molecule has 0 radical (unpaired) electrons. The van der Waals surface area contributed by atoms with E-state index in [0.29, 0.717) is 17.8 Å². The Balaban J connectivity index is 1.88. The second-order valence-electron chi connectivity index (χ2n) is 5.12. The first-order valence-electron chi connectivity index (χ1n) is 6.13. The largest absolute Gasteiger partial charge is 0.369 e. The minimum Gasteiger partial charge on any atom is -0.369 e. The molecule has 3 rings (SSSR count). The number of nitrogens with two attached hydrogens (primary N) is 1. The zero-order valence-electron chi connectivity index (χ0n) is 9.30. The molecule has 2 nitrogen and oxygen atoms in total. The Morgan fingerprint density at radius 2 is 1.75 bits per heavy atom. The number of benzene rings is 1. The Morgan fingerprint density at radius 3 is 2.31 bits per heavy atom. The van der Waals surface area contributed by atoms with Crippen LogP contribution in [0.5, 0.6) is 0 Å². The van der Waals surface area contributed by atoms with Crippen LogP contribution in [0.4, 0.5) is 0 Å². The van der Waals surface area contributed by atoms with E-state index in [9.17, 15) is 4.79 Å². The Bertz CT molecular complexity index is 388. The van der Waals surface area contributed by atoms with Gasteiger partial charge in [0, 0.05) is 5.92 Å². The third-order valence-electron chi connectivity index (χ3n) is 4.43. The molecule has 2 fully saturated rings. The third-order valence-corrected chi connectivity index (χ3v) is 4.43. The molecule has 0 aliphatic heterocycles. The predicted molar refractivity (Wildman–Crippen MR) is 62.7 cm³/mol. The van der Waals surface area contributed by atoms with Crippen molar-refractivity contribution in [3.05, 3.63) is 35.9 Å². The van der Waals surface area contributed by atoms with Crippen molar-refractivity contribution in [3.8, 4) is 0 Å². The number of carbonyl (C=O) groups excluding carboxylic acids is 1. The van der Waals surface area contributed by atoms with Crippen LogP contribution in [0.25, 0.3) is 0 Å². The van der Waals surface area contributed by atoms with Crippen molar-refractivity contribution in [3.63, 3.8) is 0 Å². The molecule has 1 aromatic rings. The molecule has 16 heavy (non-hydrogen) atoms. The summed E-state index contributed by atoms with van der Waals surface area (Å²) in [5, 5.41) is 0. The lowest BCUT2D eigenvalue weighted by Gasteiger charge is -2.55. The lowest BCUT2D eigenvalue weighted by Crippen LogP contribution is -2.53. The molecule has 0 heterocycles. The molecule has 1 amide bonds. The smallest absolute Gasteiger partial charge is 0.221 e. The van der Waals surface area contributed by atoms with Gasteiger partial charge in [0.1, 0.15) is 0 Å². The molecule has 0 saturated heterocycles. The lowest BCUT2D eigenvalue weighted by molar-refractivity contribution is -0.137. The monoisotopic (exact) mass is 215 g/mol. The summed E-state index contributed by atoms with van der Waals surface area (Å²) in [6, 6.07) is 10.6. The average molecular weight is 215 g/mol. The number of primary amides is 1. The van der Waals surface area contributed by atoms with Crippen molar-refractivity contribution in [2.45, 2.75) is 25.2 Å². The zero-order valence-corrected chi connectivity index (χ0v) is 9.30. The van der Waals surface area contributed by atoms with Gasteiger partial charge in [0.2, 0.25) is 5.91 Å². The summed E-state index contributed by atoms with van der Waals surface area (Å²) < 4.78 is 0. The van der Waals surface area contributed by atoms with Crippen LogP contribution < -0.4 is 5.73 Å². The zero-order chi connectivity index (χ0) is 11.1. The number of hydrogen-bond donors (Lipinski definition) is 1. The lowest BCUT2D eigenvalue weighted by atomic mass is 9.48. The fourth-order valence-electron chi connectivity index (χ4n) is 3.84. The molecule has 2 bridgehead atoms. The number of amides is 1. The quantitative estimate of drug-likeness (QED) is 0.808. The van der Waals surface area contributed by atoms with Gasteiger partial charge in [-0.3, -0.25) is 4.79 Å². The fourth-order valence-corrected chi connectivity index (χ4v) is 3.84. The van der Waals surface area contributed by atoms with Gasteiger partial charge in [0.05, 0.1) is 0 Å². The molecule has 4 atom stereocenters. The van der Waals surface area contributed by atoms with E-state index in [1.165, 1.54) is 24.8 Å². The van der Waals surface area contributed by atoms with Crippen LogP contribution in [0.3, 0.4) is 0 Å². The summed E-state index contributed by atoms with van der Waals surface area (Å²) in [4.78, 5) is 11.4. The Kier molecular flexibility index (Phi) is 2.23. The first-order valence-corrected chi connectivity index (χ1v) is 6.13. The van der Waals surface area contributed by atoms with E-state index in [2.05, 4.69) is 24.3 Å². The Labute approximate surface area is 95.8 Å². The average Bonchev–Trinajstić information content (AvgIpc) is 2.30. The van der Waals surface area contributed by atoms with Crippen LogP contribution in [0, 0.1) is 17.8 Å². The van der Waals surface area contributed by atoms with Gasteiger partial charge in [0.25, 0.3) is 0 Å². The van der Waals surface area contributed by atoms with Crippen LogP contribution in [-0.4, -0.2) is 5.91 Å². The summed E-state index contributed by atoms with van der Waals surface area (Å²) in [5.74, 6) is 1.69. The highest BCUT2D eigenvalue weighted by Gasteiger charge is 2.54. The van der Waals surface area contributed by atoms with E-state index in [4.69, 9.17) is 5.73 Å². The maximum absolute atomic E-state index is 11.4. The van der Waals surface area contributed by atoms with E-state index in [-0.39, 0.29) is 11.8 Å². The summed E-state index contributed by atoms with van der Waals surface area (Å²) in [6.45, 7) is 0. The number of fused-ring (bicyclic) bond motifs is 2. The first kappa shape index (κ1) is 9.88. The third kappa shape index (κ3) is 1.29. The van der Waals surface area contributed by atoms with Crippen LogP contribution >= 0.6 is 0 Å². The topological polar surface area (TPSA) is 43.1 Å². The van der Waals surface area contributed by atoms with Gasteiger partial charge >= 0.3 is 0 Å². The second-order valence-corrected chi connectivity index (χ2v) is 5.12. The Hall–Kier alpha value is -1.31. The molecule has 84 valence electrons. The standard InChI is InChI=1S/C14H17NO/c15-14(16)13-10-7-4-8-11(13)12(10)9-5-2-1-3-6-9/h1-3,5-6,10-13H,4,7-8H2,(H2,15,16)/t10-,11+,12?,13?. The normalized spacial score (nSPS) is 36.5. The fraction of sp³-hybridized carbons (Fsp3) is 0.500. The molecule has 2 aliphatic rings. The molecular weight excluding hydrogens is 198 g/mol. The van der Waals surface area contributed by atoms with Crippen LogP contribution in [-0.2, 0) is 4.79 Å². The van der Waals surface area contributed by atoms with Gasteiger partial charge in [0.15, 0.2) is 0 Å². The van der Waals surface area contributed by atoms with Gasteiger partial charge in [-0.2, -0.15) is 0 Å². The summed E-state index contributed by atoms with van der Waals surface area (Å²) in [6.07, 6.45) is 3.61. The minimum atomic E-state index is -0.0816. The molecule has 0 spiro atoms.